The van der Waals surface area contributed by atoms with Gasteiger partial charge in [-0.1, -0.05) is 49.1 Å². The van der Waals surface area contributed by atoms with Gasteiger partial charge in [-0.3, -0.25) is 4.90 Å². The van der Waals surface area contributed by atoms with E-state index in [9.17, 15) is 0 Å². The van der Waals surface area contributed by atoms with Gasteiger partial charge in [0.25, 0.3) is 0 Å². The average molecular weight is 397 g/mol. The maximum atomic E-state index is 5.45. The van der Waals surface area contributed by atoms with Gasteiger partial charge >= 0.3 is 0 Å². The van der Waals surface area contributed by atoms with E-state index in [-0.39, 0.29) is 0 Å². The number of nitrogens with zero attached hydrogens (tertiary/aromatic N) is 4. The number of thiazole rings is 1. The number of fused-ring (bicyclic) bond motifs is 1. The first-order chi connectivity index (χ1) is 11.5. The largest absolute Gasteiger partial charge is 0.281 e. The monoisotopic (exact) mass is 396 g/mol. The van der Waals surface area contributed by atoms with Crippen molar-refractivity contribution in [2.24, 2.45) is 5.92 Å². The molecule has 0 N–H and O–H groups in total. The van der Waals surface area contributed by atoms with E-state index in [1.165, 1.54) is 4.70 Å². The maximum Gasteiger partial charge on any atom is 0.181 e. The Bertz CT molecular complexity index is 831. The van der Waals surface area contributed by atoms with Crippen LogP contribution in [0.2, 0.25) is 0 Å². The number of aromatic nitrogens is 3. The first-order valence-electron chi connectivity index (χ1n) is 7.75. The topological polar surface area (TPSA) is 34.0 Å². The minimum Gasteiger partial charge on any atom is -0.281 e. The number of hydrogen-bond acceptors (Lipinski definition) is 7. The summed E-state index contributed by atoms with van der Waals surface area (Å²) in [5, 5.41) is 5.76. The zero-order chi connectivity index (χ0) is 17.1. The van der Waals surface area contributed by atoms with Crippen LogP contribution in [0.25, 0.3) is 10.2 Å². The fraction of sp³-hybridized carbons (Fsp3) is 0.438. The summed E-state index contributed by atoms with van der Waals surface area (Å²) >= 11 is 10.6. The lowest BCUT2D eigenvalue weighted by Gasteiger charge is -2.14. The highest BCUT2D eigenvalue weighted by molar-refractivity contribution is 8.01. The van der Waals surface area contributed by atoms with Gasteiger partial charge in [0.1, 0.15) is 5.01 Å². The molecule has 24 heavy (non-hydrogen) atoms. The summed E-state index contributed by atoms with van der Waals surface area (Å²) in [4.78, 5) is 6.89. The van der Waals surface area contributed by atoms with Gasteiger partial charge in [-0.15, -0.1) is 11.3 Å². The number of thioether (sulfide) groups is 1. The molecule has 3 aromatic rings. The Morgan fingerprint density at radius 1 is 1.29 bits per heavy atom. The molecule has 0 aliphatic heterocycles. The van der Waals surface area contributed by atoms with Gasteiger partial charge in [0.05, 0.1) is 23.4 Å². The minimum absolute atomic E-state index is 0.655. The van der Waals surface area contributed by atoms with Crippen molar-refractivity contribution in [2.45, 2.75) is 31.4 Å². The maximum absolute atomic E-state index is 5.45. The molecule has 0 amide bonds. The zero-order valence-corrected chi connectivity index (χ0v) is 17.2. The lowest BCUT2D eigenvalue weighted by molar-refractivity contribution is 0.243. The SMILES string of the molecule is CC(C)CSc1nn(CN(C)Cc2nc3ccccc3s2)c(=S)s1. The summed E-state index contributed by atoms with van der Waals surface area (Å²) in [5.41, 5.74) is 1.07. The lowest BCUT2D eigenvalue weighted by atomic mass is 10.3. The van der Waals surface area contributed by atoms with Gasteiger partial charge in [-0.2, -0.15) is 5.10 Å². The quantitative estimate of drug-likeness (QED) is 0.409. The van der Waals surface area contributed by atoms with Crippen LogP contribution in [0, 0.1) is 9.87 Å². The van der Waals surface area contributed by atoms with Crippen LogP contribution in [-0.4, -0.2) is 32.5 Å². The Kier molecular flexibility index (Phi) is 6.04. The molecular formula is C16H20N4S4. The lowest BCUT2D eigenvalue weighted by Crippen LogP contribution is -2.22. The van der Waals surface area contributed by atoms with Gasteiger partial charge in [0.2, 0.25) is 0 Å². The van der Waals surface area contributed by atoms with E-state index in [1.54, 1.807) is 34.4 Å². The van der Waals surface area contributed by atoms with Gasteiger partial charge in [0, 0.05) is 5.75 Å². The molecule has 2 aromatic heterocycles. The van der Waals surface area contributed by atoms with Crippen LogP contribution in [0.15, 0.2) is 28.6 Å². The summed E-state index contributed by atoms with van der Waals surface area (Å²) in [6.45, 7) is 5.92. The molecule has 0 saturated heterocycles. The van der Waals surface area contributed by atoms with Gasteiger partial charge in [-0.25, -0.2) is 9.67 Å². The van der Waals surface area contributed by atoms with E-state index in [2.05, 4.69) is 49.1 Å². The van der Waals surface area contributed by atoms with Crippen molar-refractivity contribution in [3.05, 3.63) is 33.2 Å². The van der Waals surface area contributed by atoms with Gasteiger partial charge in [0.15, 0.2) is 8.29 Å². The zero-order valence-electron chi connectivity index (χ0n) is 13.9. The number of hydrogen-bond donors (Lipinski definition) is 0. The van der Waals surface area contributed by atoms with Crippen molar-refractivity contribution in [3.63, 3.8) is 0 Å². The molecule has 0 aliphatic rings. The highest BCUT2D eigenvalue weighted by Gasteiger charge is 2.10. The third-order valence-corrected chi connectivity index (χ3v) is 7.14. The molecule has 128 valence electrons. The second kappa shape index (κ2) is 8.05. The van der Waals surface area contributed by atoms with Crippen LogP contribution in [0.4, 0.5) is 0 Å². The molecule has 4 nitrogen and oxygen atoms in total. The molecule has 0 radical (unpaired) electrons. The molecule has 0 spiro atoms. The third kappa shape index (κ3) is 4.64. The van der Waals surface area contributed by atoms with Crippen molar-refractivity contribution in [2.75, 3.05) is 12.8 Å². The molecule has 3 rings (SSSR count). The van der Waals surface area contributed by atoms with E-state index in [0.717, 1.165) is 31.1 Å². The van der Waals surface area contributed by atoms with Gasteiger partial charge in [-0.05, 0) is 37.3 Å². The molecule has 0 atom stereocenters. The second-order valence-electron chi connectivity index (χ2n) is 6.07. The summed E-state index contributed by atoms with van der Waals surface area (Å²) in [6.07, 6.45) is 0. The molecule has 0 unspecified atom stereocenters. The third-order valence-electron chi connectivity index (χ3n) is 3.25. The number of para-hydroxylation sites is 1. The fourth-order valence-corrected chi connectivity index (χ4v) is 5.51. The normalized spacial score (nSPS) is 11.9. The molecule has 1 aromatic carbocycles. The van der Waals surface area contributed by atoms with Crippen molar-refractivity contribution >= 4 is 56.9 Å². The van der Waals surface area contributed by atoms with Crippen molar-refractivity contribution in [1.82, 2.24) is 19.7 Å². The molecule has 2 heterocycles. The Morgan fingerprint density at radius 3 is 2.83 bits per heavy atom. The Morgan fingerprint density at radius 2 is 2.08 bits per heavy atom. The summed E-state index contributed by atoms with van der Waals surface area (Å²) in [5.74, 6) is 1.73. The van der Waals surface area contributed by atoms with Gasteiger partial charge < -0.3 is 0 Å². The molecule has 0 bridgehead atoms. The standard InChI is InChI=1S/C16H20N4S4/c1-11(2)9-22-15-18-20(16(21)24-15)10-19(3)8-14-17-12-6-4-5-7-13(12)23-14/h4-7,11H,8-10H2,1-3H3. The van der Waals surface area contributed by atoms with Crippen LogP contribution in [0.3, 0.4) is 0 Å². The molecule has 0 aliphatic carbocycles. The number of benzene rings is 1. The predicted molar refractivity (Wildman–Crippen MR) is 108 cm³/mol. The molecule has 8 heteroatoms. The Hall–Kier alpha value is -0.800. The molecule has 0 saturated carbocycles. The fourth-order valence-electron chi connectivity index (χ4n) is 2.17. The average Bonchev–Trinajstić information content (AvgIpc) is 3.08. The summed E-state index contributed by atoms with van der Waals surface area (Å²) in [6, 6.07) is 8.26. The summed E-state index contributed by atoms with van der Waals surface area (Å²) in [7, 11) is 2.08. The Labute approximate surface area is 159 Å². The smallest absolute Gasteiger partial charge is 0.181 e. The van der Waals surface area contributed by atoms with E-state index in [1.807, 2.05) is 10.7 Å². The van der Waals surface area contributed by atoms with Crippen LogP contribution in [0.1, 0.15) is 18.9 Å². The van der Waals surface area contributed by atoms with Crippen LogP contribution < -0.4 is 0 Å². The molecule has 0 fully saturated rings. The minimum atomic E-state index is 0.655. The highest BCUT2D eigenvalue weighted by atomic mass is 32.2. The van der Waals surface area contributed by atoms with E-state index < -0.39 is 0 Å². The van der Waals surface area contributed by atoms with E-state index in [0.29, 0.717) is 12.6 Å². The van der Waals surface area contributed by atoms with Crippen LogP contribution in [-0.2, 0) is 13.2 Å². The Balaban J connectivity index is 1.64. The van der Waals surface area contributed by atoms with E-state index >= 15 is 0 Å². The van der Waals surface area contributed by atoms with Crippen LogP contribution >= 0.6 is 46.7 Å². The van der Waals surface area contributed by atoms with Crippen molar-refractivity contribution in [1.29, 1.82) is 0 Å². The second-order valence-corrected chi connectivity index (χ2v) is 10.1. The van der Waals surface area contributed by atoms with Crippen molar-refractivity contribution < 1.29 is 0 Å². The molecular weight excluding hydrogens is 376 g/mol. The van der Waals surface area contributed by atoms with Crippen LogP contribution in [0.5, 0.6) is 0 Å². The van der Waals surface area contributed by atoms with Crippen molar-refractivity contribution in [3.8, 4) is 0 Å². The highest BCUT2D eigenvalue weighted by Crippen LogP contribution is 2.25. The van der Waals surface area contributed by atoms with E-state index in [4.69, 9.17) is 17.2 Å². The summed E-state index contributed by atoms with van der Waals surface area (Å²) < 4.78 is 5.04. The first-order valence-corrected chi connectivity index (χ1v) is 10.8. The predicted octanol–water partition coefficient (Wildman–Crippen LogP) is 5.12. The first kappa shape index (κ1) is 18.0. The number of rotatable bonds is 7.